The fourth-order valence-electron chi connectivity index (χ4n) is 8.84. The summed E-state index contributed by atoms with van der Waals surface area (Å²) in [5.74, 6) is -0.710. The van der Waals surface area contributed by atoms with Crippen molar-refractivity contribution in [3.63, 3.8) is 0 Å². The second-order valence-corrected chi connectivity index (χ2v) is 15.2. The Kier molecular flexibility index (Phi) is 10.4. The summed E-state index contributed by atoms with van der Waals surface area (Å²) in [5.41, 5.74) is 3.78. The number of nitrogens with zero attached hydrogens (tertiary/aromatic N) is 6. The fraction of sp³-hybridized carbons (Fsp3) is 0.676. The van der Waals surface area contributed by atoms with E-state index in [0.29, 0.717) is 82.5 Å². The Bertz CT molecular complexity index is 1500. The normalized spacial score (nSPS) is 30.6. The van der Waals surface area contributed by atoms with Crippen molar-refractivity contribution >= 4 is 29.1 Å². The van der Waals surface area contributed by atoms with Crippen LogP contribution in [0.5, 0.6) is 0 Å². The van der Waals surface area contributed by atoms with Crippen LogP contribution >= 0.6 is 0 Å². The van der Waals surface area contributed by atoms with Crippen molar-refractivity contribution in [2.24, 2.45) is 16.9 Å². The molecular weight excluding hydrogens is 644 g/mol. The van der Waals surface area contributed by atoms with Crippen molar-refractivity contribution in [3.05, 3.63) is 41.5 Å². The van der Waals surface area contributed by atoms with E-state index in [-0.39, 0.29) is 35.4 Å². The van der Waals surface area contributed by atoms with Crippen LogP contribution in [0.1, 0.15) is 63.9 Å². The molecule has 3 amide bonds. The first kappa shape index (κ1) is 34.9. The van der Waals surface area contributed by atoms with Gasteiger partial charge in [0, 0.05) is 75.7 Å². The Labute approximate surface area is 293 Å². The first-order valence-electron chi connectivity index (χ1n) is 18.6. The van der Waals surface area contributed by atoms with E-state index >= 15 is 0 Å². The molecule has 50 heavy (non-hydrogen) atoms. The van der Waals surface area contributed by atoms with Crippen LogP contribution in [-0.2, 0) is 19.1 Å². The van der Waals surface area contributed by atoms with E-state index in [2.05, 4.69) is 22.4 Å². The maximum Gasteiger partial charge on any atom is 0.252 e. The zero-order valence-electron chi connectivity index (χ0n) is 29.4. The molecule has 1 saturated carbocycles. The van der Waals surface area contributed by atoms with E-state index in [4.69, 9.17) is 4.74 Å². The maximum atomic E-state index is 14.9. The van der Waals surface area contributed by atoms with Gasteiger partial charge in [-0.2, -0.15) is 5.10 Å². The van der Waals surface area contributed by atoms with Crippen molar-refractivity contribution in [3.8, 4) is 0 Å². The number of halogens is 2. The summed E-state index contributed by atoms with van der Waals surface area (Å²) in [5, 5.41) is 4.50. The molecule has 5 fully saturated rings. The molecule has 5 aliphatic heterocycles. The second kappa shape index (κ2) is 15.0. The summed E-state index contributed by atoms with van der Waals surface area (Å²) >= 11 is 0. The predicted molar refractivity (Wildman–Crippen MR) is 185 cm³/mol. The van der Waals surface area contributed by atoms with Crippen molar-refractivity contribution < 1.29 is 27.9 Å². The highest BCUT2D eigenvalue weighted by Crippen LogP contribution is 2.36. The van der Waals surface area contributed by atoms with E-state index in [1.165, 1.54) is 12.1 Å². The Hall–Kier alpha value is -3.58. The van der Waals surface area contributed by atoms with Crippen LogP contribution in [0.4, 0.5) is 8.78 Å². The lowest BCUT2D eigenvalue weighted by Crippen LogP contribution is -2.54. The van der Waals surface area contributed by atoms with Crippen LogP contribution in [0.3, 0.4) is 0 Å². The highest BCUT2D eigenvalue weighted by molar-refractivity contribution is 6.23. The second-order valence-electron chi connectivity index (χ2n) is 15.2. The number of amidine groups is 1. The van der Waals surface area contributed by atoms with Crippen LogP contribution in [0, 0.1) is 23.5 Å². The molecule has 1 aromatic carbocycles. The molecule has 1 aliphatic carbocycles. The SMILES string of the molecule is CN1CCN(C(=O)[C@@H]2C[C@H](N(C(=O)[C@@H]3CCCO3)[C@H]3CC[C@@H](C)CC3)CN2C(=O)[C@H]2CCN(C3=NNCC=C3c3ccc(F)cc3F)C2)CC1. The van der Waals surface area contributed by atoms with Gasteiger partial charge in [-0.05, 0) is 76.5 Å². The quantitative estimate of drug-likeness (QED) is 0.489. The molecule has 6 aliphatic rings. The number of likely N-dealkylation sites (tertiary alicyclic amines) is 2. The first-order chi connectivity index (χ1) is 24.2. The molecule has 1 N–H and O–H groups in total. The van der Waals surface area contributed by atoms with E-state index in [1.807, 2.05) is 27.8 Å². The molecule has 0 aromatic heterocycles. The number of carbonyl (C=O) groups excluding carboxylic acids is 3. The molecular formula is C37H51F2N7O4. The van der Waals surface area contributed by atoms with Crippen molar-refractivity contribution in [1.82, 2.24) is 29.9 Å². The minimum atomic E-state index is -0.666. The molecule has 0 spiro atoms. The summed E-state index contributed by atoms with van der Waals surface area (Å²) in [6.07, 6.45) is 7.82. The first-order valence-corrected chi connectivity index (χ1v) is 18.6. The van der Waals surface area contributed by atoms with Gasteiger partial charge in [0.25, 0.3) is 5.91 Å². The van der Waals surface area contributed by atoms with Gasteiger partial charge in [0.1, 0.15) is 23.8 Å². The summed E-state index contributed by atoms with van der Waals surface area (Å²) in [4.78, 5) is 53.0. The topological polar surface area (TPSA) is 101 Å². The van der Waals surface area contributed by atoms with Gasteiger partial charge in [-0.3, -0.25) is 14.4 Å². The smallest absolute Gasteiger partial charge is 0.252 e. The van der Waals surface area contributed by atoms with Gasteiger partial charge < -0.3 is 34.7 Å². The van der Waals surface area contributed by atoms with Gasteiger partial charge in [-0.1, -0.05) is 13.0 Å². The fourth-order valence-corrected chi connectivity index (χ4v) is 8.84. The van der Waals surface area contributed by atoms with Gasteiger partial charge in [0.05, 0.1) is 18.5 Å². The van der Waals surface area contributed by atoms with Gasteiger partial charge in [-0.25, -0.2) is 8.78 Å². The number of piperazine rings is 1. The van der Waals surface area contributed by atoms with Gasteiger partial charge in [-0.15, -0.1) is 0 Å². The summed E-state index contributed by atoms with van der Waals surface area (Å²) < 4.78 is 34.5. The van der Waals surface area contributed by atoms with E-state index in [9.17, 15) is 23.2 Å². The van der Waals surface area contributed by atoms with Crippen molar-refractivity contribution in [2.45, 2.75) is 82.5 Å². The maximum absolute atomic E-state index is 14.9. The molecule has 5 heterocycles. The Morgan fingerprint density at radius 3 is 2.44 bits per heavy atom. The number of amides is 3. The largest absolute Gasteiger partial charge is 0.368 e. The van der Waals surface area contributed by atoms with E-state index in [1.54, 1.807) is 4.90 Å². The molecule has 13 heteroatoms. The number of carbonyl (C=O) groups is 3. The highest BCUT2D eigenvalue weighted by Gasteiger charge is 2.49. The summed E-state index contributed by atoms with van der Waals surface area (Å²) in [6.45, 7) is 7.21. The monoisotopic (exact) mass is 695 g/mol. The molecule has 272 valence electrons. The number of hydrogen-bond acceptors (Lipinski definition) is 8. The van der Waals surface area contributed by atoms with Gasteiger partial charge >= 0.3 is 0 Å². The third kappa shape index (κ3) is 7.12. The standard InChI is InChI=1S/C37H51F2N7O4/c1-24-5-8-27(9-6-24)46(37(49)33-4-3-19-50-33)28-21-32(36(48)43-17-15-42(2)16-18-43)45(23-28)35(47)25-12-14-44(22-25)34-30(11-13-40-41-34)29-10-7-26(38)20-31(29)39/h7,10-11,20,24-25,27-28,32-33,40H,3-6,8-9,12-19,21-23H2,1-2H3/t24-,25-,27+,28-,32-,33-/m0/s1. The van der Waals surface area contributed by atoms with Gasteiger partial charge in [0.2, 0.25) is 11.8 Å². The van der Waals surface area contributed by atoms with Crippen LogP contribution in [0.2, 0.25) is 0 Å². The number of likely N-dealkylation sites (N-methyl/N-ethyl adjacent to an activating group) is 1. The average molecular weight is 696 g/mol. The molecule has 7 rings (SSSR count). The molecule has 0 radical (unpaired) electrons. The average Bonchev–Trinajstić information content (AvgIpc) is 3.91. The summed E-state index contributed by atoms with van der Waals surface area (Å²) in [6, 6.07) is 2.68. The number of benzene rings is 1. The lowest BCUT2D eigenvalue weighted by Gasteiger charge is -2.41. The Balaban J connectivity index is 1.13. The number of rotatable bonds is 6. The predicted octanol–water partition coefficient (Wildman–Crippen LogP) is 2.92. The minimum absolute atomic E-state index is 0.00865. The molecule has 4 saturated heterocycles. The zero-order chi connectivity index (χ0) is 34.9. The van der Waals surface area contributed by atoms with Crippen molar-refractivity contribution in [2.75, 3.05) is 66.0 Å². The number of nitrogens with one attached hydrogen (secondary N) is 1. The zero-order valence-corrected chi connectivity index (χ0v) is 29.4. The third-order valence-corrected chi connectivity index (χ3v) is 11.8. The highest BCUT2D eigenvalue weighted by atomic mass is 19.1. The van der Waals surface area contributed by atoms with Crippen LogP contribution < -0.4 is 5.43 Å². The number of ether oxygens (including phenoxy) is 1. The number of hydrazone groups is 1. The van der Waals surface area contributed by atoms with Crippen LogP contribution in [0.25, 0.3) is 5.57 Å². The van der Waals surface area contributed by atoms with Crippen molar-refractivity contribution in [1.29, 1.82) is 0 Å². The Morgan fingerprint density at radius 2 is 1.72 bits per heavy atom. The molecule has 0 bridgehead atoms. The van der Waals surface area contributed by atoms with E-state index in [0.717, 1.165) is 51.3 Å². The Morgan fingerprint density at radius 1 is 0.940 bits per heavy atom. The molecule has 4 atom stereocenters. The lowest BCUT2D eigenvalue weighted by molar-refractivity contribution is -0.148. The molecule has 0 unspecified atom stereocenters. The van der Waals surface area contributed by atoms with E-state index < -0.39 is 29.7 Å². The molecule has 11 nitrogen and oxygen atoms in total. The summed E-state index contributed by atoms with van der Waals surface area (Å²) in [7, 11) is 2.05. The lowest BCUT2D eigenvalue weighted by atomic mass is 9.85. The third-order valence-electron chi connectivity index (χ3n) is 11.8. The minimum Gasteiger partial charge on any atom is -0.368 e. The van der Waals surface area contributed by atoms with Gasteiger partial charge in [0.15, 0.2) is 5.84 Å². The molecule has 1 aromatic rings. The van der Waals surface area contributed by atoms with Crippen LogP contribution in [0.15, 0.2) is 29.4 Å². The van der Waals surface area contributed by atoms with Crippen LogP contribution in [-0.4, -0.2) is 138 Å². The number of hydrogen-bond donors (Lipinski definition) is 1.